The quantitative estimate of drug-likeness (QED) is 0.551. The van der Waals surface area contributed by atoms with Gasteiger partial charge >= 0.3 is 0 Å². The van der Waals surface area contributed by atoms with Crippen molar-refractivity contribution in [2.75, 3.05) is 33.7 Å². The third kappa shape index (κ3) is 1.08. The number of nitrogens with zero attached hydrogens (tertiary/aromatic N) is 2. The molecule has 2 aliphatic heterocycles. The van der Waals surface area contributed by atoms with Gasteiger partial charge in [-0.05, 0) is 20.0 Å². The number of likely N-dealkylation sites (N-methyl/N-ethyl adjacent to an activating group) is 1. The summed E-state index contributed by atoms with van der Waals surface area (Å²) in [7, 11) is 0.112. The topological polar surface area (TPSA) is 60.9 Å². The molecule has 6 heteroatoms. The Morgan fingerprint density at radius 3 is 2.43 bits per heavy atom. The van der Waals surface area contributed by atoms with Crippen molar-refractivity contribution in [1.82, 2.24) is 9.21 Å². The van der Waals surface area contributed by atoms with Gasteiger partial charge in [0, 0.05) is 20.1 Å². The molecule has 2 rings (SSSR count). The van der Waals surface area contributed by atoms with Gasteiger partial charge in [0.25, 0.3) is 0 Å². The largest absolute Gasteiger partial charge is 0.390 e. The highest BCUT2D eigenvalue weighted by Crippen LogP contribution is 2.39. The van der Waals surface area contributed by atoms with Gasteiger partial charge in [-0.3, -0.25) is 0 Å². The van der Waals surface area contributed by atoms with E-state index in [1.165, 1.54) is 11.4 Å². The Hall–Kier alpha value is -0.170. The number of hydrogen-bond donors (Lipinski definition) is 1. The van der Waals surface area contributed by atoms with Crippen LogP contribution >= 0.6 is 0 Å². The van der Waals surface area contributed by atoms with E-state index < -0.39 is 20.9 Å². The Balaban J connectivity index is 2.43. The van der Waals surface area contributed by atoms with Gasteiger partial charge in [0.2, 0.25) is 10.0 Å². The number of rotatable bonds is 0. The van der Waals surface area contributed by atoms with Crippen LogP contribution in [0.1, 0.15) is 6.42 Å². The first kappa shape index (κ1) is 10.4. The van der Waals surface area contributed by atoms with Crippen molar-refractivity contribution in [1.29, 1.82) is 0 Å². The van der Waals surface area contributed by atoms with E-state index in [0.717, 1.165) is 6.54 Å². The maximum atomic E-state index is 12.0. The number of β-amino-alcohol motifs (C(OH)–C–C–N with tert-alkyl or cyclic N) is 1. The van der Waals surface area contributed by atoms with Crippen LogP contribution in [-0.4, -0.2) is 67.3 Å². The second-order valence-electron chi connectivity index (χ2n) is 4.35. The third-order valence-electron chi connectivity index (χ3n) is 3.42. The minimum absolute atomic E-state index is 0.232. The number of aliphatic hydroxyl groups is 1. The SMILES string of the molecule is CN1CC[C@@]2(C1)[C@@H](O)CN(C)S2(=O)=O. The lowest BCUT2D eigenvalue weighted by Crippen LogP contribution is -2.47. The molecule has 0 amide bonds. The molecule has 1 spiro atoms. The van der Waals surface area contributed by atoms with Crippen molar-refractivity contribution in [3.63, 3.8) is 0 Å². The first-order chi connectivity index (χ1) is 6.40. The molecule has 2 heterocycles. The maximum absolute atomic E-state index is 12.0. The molecule has 2 fully saturated rings. The van der Waals surface area contributed by atoms with E-state index in [0.29, 0.717) is 13.0 Å². The van der Waals surface area contributed by atoms with Crippen molar-refractivity contribution in [2.45, 2.75) is 17.3 Å². The van der Waals surface area contributed by atoms with Gasteiger partial charge < -0.3 is 10.0 Å². The zero-order valence-corrected chi connectivity index (χ0v) is 9.29. The zero-order valence-electron chi connectivity index (χ0n) is 8.47. The summed E-state index contributed by atoms with van der Waals surface area (Å²) in [5.74, 6) is 0. The van der Waals surface area contributed by atoms with E-state index in [9.17, 15) is 13.5 Å². The van der Waals surface area contributed by atoms with Crippen LogP contribution in [-0.2, 0) is 10.0 Å². The normalized spacial score (nSPS) is 43.8. The molecular formula is C8H16N2O3S. The van der Waals surface area contributed by atoms with Crippen molar-refractivity contribution < 1.29 is 13.5 Å². The van der Waals surface area contributed by atoms with E-state index in [4.69, 9.17) is 0 Å². The summed E-state index contributed by atoms with van der Waals surface area (Å²) in [5, 5.41) is 9.86. The molecule has 0 aromatic rings. The molecule has 0 aromatic heterocycles. The van der Waals surface area contributed by atoms with Gasteiger partial charge in [0.15, 0.2) is 0 Å². The van der Waals surface area contributed by atoms with Crippen LogP contribution in [0.15, 0.2) is 0 Å². The number of aliphatic hydroxyl groups excluding tert-OH is 1. The minimum Gasteiger partial charge on any atom is -0.390 e. The monoisotopic (exact) mass is 220 g/mol. The fourth-order valence-corrected chi connectivity index (χ4v) is 4.58. The summed E-state index contributed by atoms with van der Waals surface area (Å²) in [6.45, 7) is 1.42. The van der Waals surface area contributed by atoms with Crippen LogP contribution in [0, 0.1) is 0 Å². The second kappa shape index (κ2) is 2.91. The van der Waals surface area contributed by atoms with Crippen LogP contribution < -0.4 is 0 Å². The first-order valence-corrected chi connectivity index (χ1v) is 6.17. The highest BCUT2D eigenvalue weighted by Gasteiger charge is 2.59. The predicted molar refractivity (Wildman–Crippen MR) is 52.4 cm³/mol. The Kier molecular flexibility index (Phi) is 2.15. The first-order valence-electron chi connectivity index (χ1n) is 4.73. The van der Waals surface area contributed by atoms with Crippen LogP contribution in [0.5, 0.6) is 0 Å². The van der Waals surface area contributed by atoms with Gasteiger partial charge in [-0.1, -0.05) is 0 Å². The van der Waals surface area contributed by atoms with Gasteiger partial charge in [0.1, 0.15) is 4.75 Å². The minimum atomic E-state index is -3.31. The van der Waals surface area contributed by atoms with Crippen LogP contribution in [0.25, 0.3) is 0 Å². The summed E-state index contributed by atoms with van der Waals surface area (Å²) in [5.41, 5.74) is 0. The predicted octanol–water partition coefficient (Wildman–Crippen LogP) is -1.30. The lowest BCUT2D eigenvalue weighted by Gasteiger charge is -2.25. The molecule has 0 unspecified atom stereocenters. The number of sulfonamides is 1. The van der Waals surface area contributed by atoms with Crippen LogP contribution in [0.3, 0.4) is 0 Å². The Bertz CT molecular complexity index is 342. The van der Waals surface area contributed by atoms with Crippen molar-refractivity contribution in [3.05, 3.63) is 0 Å². The Morgan fingerprint density at radius 2 is 2.07 bits per heavy atom. The van der Waals surface area contributed by atoms with Crippen molar-refractivity contribution >= 4 is 10.0 Å². The molecule has 14 heavy (non-hydrogen) atoms. The molecule has 0 aromatic carbocycles. The average Bonchev–Trinajstić information content (AvgIpc) is 2.53. The van der Waals surface area contributed by atoms with E-state index in [1.54, 1.807) is 0 Å². The fourth-order valence-electron chi connectivity index (χ4n) is 2.47. The van der Waals surface area contributed by atoms with Crippen LogP contribution in [0.2, 0.25) is 0 Å². The summed E-state index contributed by atoms with van der Waals surface area (Å²) in [4.78, 5) is 1.96. The second-order valence-corrected chi connectivity index (χ2v) is 6.74. The third-order valence-corrected chi connectivity index (χ3v) is 6.02. The summed E-state index contributed by atoms with van der Waals surface area (Å²) in [6, 6.07) is 0. The standard InChI is InChI=1S/C8H16N2O3S/c1-9-4-3-8(6-9)7(11)5-10(2)14(8,12)13/h7,11H,3-6H2,1-2H3/t7-,8+/m0/s1. The highest BCUT2D eigenvalue weighted by molar-refractivity contribution is 7.90. The lowest BCUT2D eigenvalue weighted by atomic mass is 10.0. The zero-order chi connectivity index (χ0) is 10.6. The molecule has 0 radical (unpaired) electrons. The molecule has 1 N–H and O–H groups in total. The molecule has 5 nitrogen and oxygen atoms in total. The molecule has 82 valence electrons. The van der Waals surface area contributed by atoms with Crippen LogP contribution in [0.4, 0.5) is 0 Å². The van der Waals surface area contributed by atoms with E-state index in [2.05, 4.69) is 0 Å². The highest BCUT2D eigenvalue weighted by atomic mass is 32.2. The number of hydrogen-bond acceptors (Lipinski definition) is 4. The molecule has 0 bridgehead atoms. The molecule has 2 aliphatic rings. The molecule has 2 atom stereocenters. The lowest BCUT2D eigenvalue weighted by molar-refractivity contribution is 0.132. The van der Waals surface area contributed by atoms with E-state index in [-0.39, 0.29) is 6.54 Å². The molecular weight excluding hydrogens is 204 g/mol. The molecule has 0 aliphatic carbocycles. The summed E-state index contributed by atoms with van der Waals surface area (Å²) >= 11 is 0. The van der Waals surface area contributed by atoms with Crippen molar-refractivity contribution in [2.24, 2.45) is 0 Å². The molecule has 2 saturated heterocycles. The smallest absolute Gasteiger partial charge is 0.223 e. The van der Waals surface area contributed by atoms with E-state index >= 15 is 0 Å². The summed E-state index contributed by atoms with van der Waals surface area (Å²) < 4.78 is 24.4. The van der Waals surface area contributed by atoms with Gasteiger partial charge in [-0.2, -0.15) is 0 Å². The van der Waals surface area contributed by atoms with Gasteiger partial charge in [0.05, 0.1) is 6.10 Å². The molecule has 0 saturated carbocycles. The Morgan fingerprint density at radius 1 is 1.43 bits per heavy atom. The average molecular weight is 220 g/mol. The van der Waals surface area contributed by atoms with Gasteiger partial charge in [-0.25, -0.2) is 12.7 Å². The number of likely N-dealkylation sites (tertiary alicyclic amines) is 1. The Labute approximate surface area is 84.4 Å². The van der Waals surface area contributed by atoms with E-state index in [1.807, 2.05) is 11.9 Å². The summed E-state index contributed by atoms with van der Waals surface area (Å²) in [6.07, 6.45) is -0.209. The van der Waals surface area contributed by atoms with Gasteiger partial charge in [-0.15, -0.1) is 0 Å². The fraction of sp³-hybridized carbons (Fsp3) is 1.00. The maximum Gasteiger partial charge on any atom is 0.223 e. The van der Waals surface area contributed by atoms with Crippen molar-refractivity contribution in [3.8, 4) is 0 Å².